The fourth-order valence-electron chi connectivity index (χ4n) is 4.01. The second-order valence-electron chi connectivity index (χ2n) is 8.24. The fourth-order valence-corrected chi connectivity index (χ4v) is 5.39. The van der Waals surface area contributed by atoms with Gasteiger partial charge in [0.25, 0.3) is 11.8 Å². The Hall–Kier alpha value is -2.19. The van der Waals surface area contributed by atoms with Crippen LogP contribution in [0.5, 0.6) is 0 Å². The predicted molar refractivity (Wildman–Crippen MR) is 137 cm³/mol. The molecule has 1 aromatic rings. The molecule has 2 heterocycles. The standard InChI is InChI=1S/C25H32N2O4S2/c1-3-5-6-7-10-15-26-19-13-9-8-12-18(19)21(23(26)29)22-24(30)27(25(32)33-22)16-11-14-20(28)31-17-4-2/h8-9,12-13H,3-7,10-11,14-17H2,1-2H3/b22-21-. The van der Waals surface area contributed by atoms with Gasteiger partial charge >= 0.3 is 5.97 Å². The molecule has 8 heteroatoms. The number of carbonyl (C=O) groups is 3. The summed E-state index contributed by atoms with van der Waals surface area (Å²) in [6, 6.07) is 7.65. The van der Waals surface area contributed by atoms with Crippen LogP contribution in [0.2, 0.25) is 0 Å². The summed E-state index contributed by atoms with van der Waals surface area (Å²) < 4.78 is 5.51. The molecule has 0 N–H and O–H groups in total. The van der Waals surface area contributed by atoms with Crippen LogP contribution in [0.25, 0.3) is 5.57 Å². The van der Waals surface area contributed by atoms with E-state index in [1.807, 2.05) is 31.2 Å². The Morgan fingerprint density at radius 2 is 1.67 bits per heavy atom. The van der Waals surface area contributed by atoms with E-state index in [1.165, 1.54) is 29.5 Å². The maximum absolute atomic E-state index is 13.4. The fraction of sp³-hybridized carbons (Fsp3) is 0.520. The van der Waals surface area contributed by atoms with Gasteiger partial charge < -0.3 is 9.64 Å². The molecule has 0 radical (unpaired) electrons. The highest BCUT2D eigenvalue weighted by Crippen LogP contribution is 2.44. The van der Waals surface area contributed by atoms with Gasteiger partial charge in [0.15, 0.2) is 0 Å². The Morgan fingerprint density at radius 1 is 0.939 bits per heavy atom. The summed E-state index contributed by atoms with van der Waals surface area (Å²) in [6.45, 7) is 5.50. The van der Waals surface area contributed by atoms with Crippen LogP contribution in [0.3, 0.4) is 0 Å². The quantitative estimate of drug-likeness (QED) is 0.172. The lowest BCUT2D eigenvalue weighted by atomic mass is 10.1. The molecule has 0 aromatic heterocycles. The molecule has 0 unspecified atom stereocenters. The number of thiocarbonyl (C=S) groups is 1. The summed E-state index contributed by atoms with van der Waals surface area (Å²) in [7, 11) is 0. The molecule has 33 heavy (non-hydrogen) atoms. The number of esters is 1. The highest BCUT2D eigenvalue weighted by molar-refractivity contribution is 8.26. The molecule has 3 rings (SSSR count). The summed E-state index contributed by atoms with van der Waals surface area (Å²) >= 11 is 6.63. The van der Waals surface area contributed by atoms with Crippen molar-refractivity contribution in [3.63, 3.8) is 0 Å². The van der Waals surface area contributed by atoms with Crippen LogP contribution in [-0.4, -0.2) is 46.7 Å². The summed E-state index contributed by atoms with van der Waals surface area (Å²) in [5.74, 6) is -0.652. The number of carbonyl (C=O) groups excluding carboxylic acids is 3. The molecule has 1 saturated heterocycles. The lowest BCUT2D eigenvalue weighted by Crippen LogP contribution is -2.31. The molecule has 0 aliphatic carbocycles. The Balaban J connectivity index is 1.72. The molecule has 0 bridgehead atoms. The van der Waals surface area contributed by atoms with Gasteiger partial charge in [-0.05, 0) is 25.3 Å². The first kappa shape index (κ1) is 25.4. The molecule has 2 amide bonds. The highest BCUT2D eigenvalue weighted by atomic mass is 32.2. The Bertz CT molecular complexity index is 944. The average Bonchev–Trinajstić information content (AvgIpc) is 3.24. The smallest absolute Gasteiger partial charge is 0.305 e. The minimum absolute atomic E-state index is 0.129. The zero-order chi connectivity index (χ0) is 23.8. The maximum Gasteiger partial charge on any atom is 0.305 e. The van der Waals surface area contributed by atoms with Crippen LogP contribution in [0.4, 0.5) is 5.69 Å². The third kappa shape index (κ3) is 6.03. The van der Waals surface area contributed by atoms with Crippen LogP contribution in [0, 0.1) is 0 Å². The number of nitrogens with zero attached hydrogens (tertiary/aromatic N) is 2. The number of fused-ring (bicyclic) bond motifs is 1. The van der Waals surface area contributed by atoms with Gasteiger partial charge in [-0.25, -0.2) is 0 Å². The van der Waals surface area contributed by atoms with E-state index < -0.39 is 0 Å². The Morgan fingerprint density at radius 3 is 2.42 bits per heavy atom. The van der Waals surface area contributed by atoms with Gasteiger partial charge in [-0.1, -0.05) is 81.7 Å². The van der Waals surface area contributed by atoms with Gasteiger partial charge in [-0.3, -0.25) is 19.3 Å². The molecule has 6 nitrogen and oxygen atoms in total. The largest absolute Gasteiger partial charge is 0.466 e. The summed E-state index contributed by atoms with van der Waals surface area (Å²) in [5, 5.41) is 0. The third-order valence-electron chi connectivity index (χ3n) is 5.71. The summed E-state index contributed by atoms with van der Waals surface area (Å²) in [6.07, 6.45) is 7.03. The lowest BCUT2D eigenvalue weighted by molar-refractivity contribution is -0.144. The van der Waals surface area contributed by atoms with E-state index in [1.54, 1.807) is 4.90 Å². The average molecular weight is 489 g/mol. The second kappa shape index (κ2) is 12.3. The molecule has 2 aliphatic heterocycles. The molecule has 1 aromatic carbocycles. The van der Waals surface area contributed by atoms with E-state index in [0.29, 0.717) is 40.9 Å². The van der Waals surface area contributed by atoms with E-state index in [0.717, 1.165) is 36.9 Å². The predicted octanol–water partition coefficient (Wildman–Crippen LogP) is 5.31. The molecular weight excluding hydrogens is 456 g/mol. The van der Waals surface area contributed by atoms with Crippen molar-refractivity contribution in [1.82, 2.24) is 4.90 Å². The van der Waals surface area contributed by atoms with Crippen molar-refractivity contribution in [3.8, 4) is 0 Å². The van der Waals surface area contributed by atoms with Gasteiger partial charge in [0.05, 0.1) is 22.8 Å². The minimum Gasteiger partial charge on any atom is -0.466 e. The number of rotatable bonds is 12. The van der Waals surface area contributed by atoms with E-state index in [-0.39, 0.29) is 24.2 Å². The Labute approximate surface area is 205 Å². The number of benzene rings is 1. The first-order valence-electron chi connectivity index (χ1n) is 11.8. The van der Waals surface area contributed by atoms with Gasteiger partial charge in [0.1, 0.15) is 4.32 Å². The summed E-state index contributed by atoms with van der Waals surface area (Å²) in [4.78, 5) is 42.1. The normalized spacial score (nSPS) is 17.8. The molecule has 178 valence electrons. The zero-order valence-corrected chi connectivity index (χ0v) is 21.1. The number of hydrogen-bond donors (Lipinski definition) is 0. The SMILES string of the molecule is CCCCCCCN1C(=O)/C(=C2\SC(=S)N(CCCC(=O)OCCC)C2=O)c2ccccc21. The van der Waals surface area contributed by atoms with Crippen LogP contribution in [0.1, 0.15) is 70.8 Å². The van der Waals surface area contributed by atoms with Crippen molar-refractivity contribution in [1.29, 1.82) is 0 Å². The van der Waals surface area contributed by atoms with Gasteiger partial charge in [-0.2, -0.15) is 0 Å². The number of ether oxygens (including phenoxy) is 1. The lowest BCUT2D eigenvalue weighted by Gasteiger charge is -2.17. The van der Waals surface area contributed by atoms with Crippen molar-refractivity contribution >= 4 is 57.3 Å². The number of para-hydroxylation sites is 1. The molecule has 1 fully saturated rings. The van der Waals surface area contributed by atoms with Crippen molar-refractivity contribution in [2.75, 3.05) is 24.6 Å². The number of anilines is 1. The molecule has 0 saturated carbocycles. The first-order valence-corrected chi connectivity index (χ1v) is 13.1. The van der Waals surface area contributed by atoms with Crippen LogP contribution in [-0.2, 0) is 19.1 Å². The van der Waals surface area contributed by atoms with E-state index in [9.17, 15) is 14.4 Å². The van der Waals surface area contributed by atoms with Gasteiger partial charge in [-0.15, -0.1) is 0 Å². The number of hydrogen-bond acceptors (Lipinski definition) is 6. The van der Waals surface area contributed by atoms with Crippen LogP contribution < -0.4 is 4.90 Å². The zero-order valence-electron chi connectivity index (χ0n) is 19.4. The van der Waals surface area contributed by atoms with E-state index in [2.05, 4.69) is 6.92 Å². The van der Waals surface area contributed by atoms with Gasteiger partial charge in [0.2, 0.25) is 0 Å². The van der Waals surface area contributed by atoms with E-state index in [4.69, 9.17) is 17.0 Å². The Kier molecular flexibility index (Phi) is 9.50. The van der Waals surface area contributed by atoms with Crippen LogP contribution >= 0.6 is 24.0 Å². The third-order valence-corrected chi connectivity index (χ3v) is 7.16. The monoisotopic (exact) mass is 488 g/mol. The van der Waals surface area contributed by atoms with Crippen molar-refractivity contribution in [2.24, 2.45) is 0 Å². The van der Waals surface area contributed by atoms with Crippen molar-refractivity contribution < 1.29 is 19.1 Å². The second-order valence-corrected chi connectivity index (χ2v) is 9.89. The number of amides is 2. The topological polar surface area (TPSA) is 66.9 Å². The highest BCUT2D eigenvalue weighted by Gasteiger charge is 2.41. The number of thioether (sulfide) groups is 1. The first-order chi connectivity index (χ1) is 16.0. The minimum atomic E-state index is -0.268. The molecular formula is C25H32N2O4S2. The summed E-state index contributed by atoms with van der Waals surface area (Å²) in [5.41, 5.74) is 2.10. The maximum atomic E-state index is 13.4. The van der Waals surface area contributed by atoms with Gasteiger partial charge in [0, 0.05) is 25.1 Å². The van der Waals surface area contributed by atoms with Crippen LogP contribution in [0.15, 0.2) is 29.2 Å². The molecule has 0 spiro atoms. The molecule has 2 aliphatic rings. The molecule has 0 atom stereocenters. The number of unbranched alkanes of at least 4 members (excludes halogenated alkanes) is 4. The van der Waals surface area contributed by atoms with Crippen molar-refractivity contribution in [2.45, 2.75) is 65.2 Å². The van der Waals surface area contributed by atoms with Crippen molar-refractivity contribution in [3.05, 3.63) is 34.7 Å². The van der Waals surface area contributed by atoms with E-state index >= 15 is 0 Å².